The van der Waals surface area contributed by atoms with E-state index < -0.39 is 9.84 Å². The number of benzene rings is 2. The maximum atomic E-state index is 12.6. The third kappa shape index (κ3) is 3.91. The number of nitrogens with one attached hydrogen (secondary N) is 1. The first-order chi connectivity index (χ1) is 13.4. The summed E-state index contributed by atoms with van der Waals surface area (Å²) >= 11 is 0. The summed E-state index contributed by atoms with van der Waals surface area (Å²) in [6.07, 6.45) is 7.29. The molecular weight excluding hydrogens is 368 g/mol. The van der Waals surface area contributed by atoms with Crippen molar-refractivity contribution in [3.63, 3.8) is 0 Å². The quantitative estimate of drug-likeness (QED) is 0.690. The van der Waals surface area contributed by atoms with Crippen molar-refractivity contribution in [1.82, 2.24) is 9.88 Å². The van der Waals surface area contributed by atoms with Crippen molar-refractivity contribution in [2.45, 2.75) is 37.1 Å². The summed E-state index contributed by atoms with van der Waals surface area (Å²) in [7, 11) is -1.26. The molecule has 146 valence electrons. The Morgan fingerprint density at radius 3 is 2.68 bits per heavy atom. The molecule has 1 unspecified atom stereocenters. The van der Waals surface area contributed by atoms with Gasteiger partial charge in [0.15, 0.2) is 9.84 Å². The van der Waals surface area contributed by atoms with E-state index in [1.807, 2.05) is 31.2 Å². The van der Waals surface area contributed by atoms with Gasteiger partial charge in [-0.3, -0.25) is 0 Å². The lowest BCUT2D eigenvalue weighted by Crippen LogP contribution is -2.26. The molecule has 2 heterocycles. The van der Waals surface area contributed by atoms with Crippen LogP contribution < -0.4 is 0 Å². The number of H-pyrrole nitrogens is 1. The number of likely N-dealkylation sites (N-methyl/N-ethyl adjacent to an activating group) is 1. The first-order valence-electron chi connectivity index (χ1n) is 9.72. The zero-order valence-electron chi connectivity index (χ0n) is 16.4. The molecule has 2 aromatic carbocycles. The first-order valence-corrected chi connectivity index (χ1v) is 11.3. The van der Waals surface area contributed by atoms with Crippen LogP contribution in [0, 0.1) is 6.92 Å². The summed E-state index contributed by atoms with van der Waals surface area (Å²) < 4.78 is 25.1. The van der Waals surface area contributed by atoms with E-state index in [1.54, 1.807) is 18.2 Å². The molecule has 0 spiro atoms. The van der Waals surface area contributed by atoms with Gasteiger partial charge in [0.1, 0.15) is 0 Å². The third-order valence-corrected chi connectivity index (χ3v) is 7.13. The fraction of sp³-hybridized carbons (Fsp3) is 0.304. The number of rotatable bonds is 5. The molecule has 1 aliphatic rings. The number of aromatic nitrogens is 1. The number of aryl methyl sites for hydroxylation is 1. The molecule has 1 N–H and O–H groups in total. The number of likely N-dealkylation sites (tertiary alicyclic amines) is 1. The van der Waals surface area contributed by atoms with E-state index in [-0.39, 0.29) is 0 Å². The summed E-state index contributed by atoms with van der Waals surface area (Å²) in [5, 5.41) is 2.48. The highest BCUT2D eigenvalue weighted by atomic mass is 32.2. The SMILES string of the molecule is Cc1ccc(S(=O)(=O)C=Cc2ccc3[nH]cc(CC4CCCN4C)c3c2)cc1. The summed E-state index contributed by atoms with van der Waals surface area (Å²) in [6.45, 7) is 3.11. The molecule has 5 heteroatoms. The number of sulfone groups is 1. The Kier molecular flexibility index (Phi) is 5.13. The molecule has 0 amide bonds. The van der Waals surface area contributed by atoms with Gasteiger partial charge in [0.2, 0.25) is 0 Å². The van der Waals surface area contributed by atoms with Crippen LogP contribution in [0.25, 0.3) is 17.0 Å². The zero-order chi connectivity index (χ0) is 19.7. The number of hydrogen-bond donors (Lipinski definition) is 1. The van der Waals surface area contributed by atoms with Crippen LogP contribution in [0.4, 0.5) is 0 Å². The molecule has 1 aromatic heterocycles. The van der Waals surface area contributed by atoms with E-state index in [4.69, 9.17) is 0 Å². The van der Waals surface area contributed by atoms with Gasteiger partial charge in [-0.2, -0.15) is 0 Å². The van der Waals surface area contributed by atoms with Crippen molar-refractivity contribution < 1.29 is 8.42 Å². The Labute approximate surface area is 166 Å². The maximum Gasteiger partial charge on any atom is 0.199 e. The van der Waals surface area contributed by atoms with Gasteiger partial charge >= 0.3 is 0 Å². The van der Waals surface area contributed by atoms with Crippen LogP contribution in [0.3, 0.4) is 0 Å². The van der Waals surface area contributed by atoms with Crippen LogP contribution in [-0.4, -0.2) is 37.9 Å². The standard InChI is InChI=1S/C23H26N2O2S/c1-17-5-8-21(9-6-17)28(26,27)13-11-18-7-10-23-22(14-18)19(16-24-23)15-20-4-3-12-25(20)2/h5-11,13-14,16,20,24H,3-4,12,15H2,1-2H3. The molecule has 0 aliphatic carbocycles. The van der Waals surface area contributed by atoms with Gasteiger partial charge in [0.05, 0.1) is 4.90 Å². The van der Waals surface area contributed by atoms with Gasteiger partial charge in [0, 0.05) is 28.5 Å². The predicted molar refractivity (Wildman–Crippen MR) is 115 cm³/mol. The van der Waals surface area contributed by atoms with Crippen molar-refractivity contribution in [3.05, 3.63) is 70.8 Å². The minimum atomic E-state index is -3.45. The summed E-state index contributed by atoms with van der Waals surface area (Å²) in [6, 6.07) is 13.6. The number of fused-ring (bicyclic) bond motifs is 1. The number of nitrogens with zero attached hydrogens (tertiary/aromatic N) is 1. The number of aromatic amines is 1. The fourth-order valence-corrected chi connectivity index (χ4v) is 4.94. The Morgan fingerprint density at radius 2 is 1.96 bits per heavy atom. The highest BCUT2D eigenvalue weighted by molar-refractivity contribution is 7.94. The van der Waals surface area contributed by atoms with Crippen LogP contribution in [0.2, 0.25) is 0 Å². The van der Waals surface area contributed by atoms with Gasteiger partial charge in [-0.1, -0.05) is 23.8 Å². The molecule has 0 bridgehead atoms. The molecule has 1 saturated heterocycles. The topological polar surface area (TPSA) is 53.2 Å². The highest BCUT2D eigenvalue weighted by Crippen LogP contribution is 2.26. The second-order valence-electron chi connectivity index (χ2n) is 7.76. The van der Waals surface area contributed by atoms with Crippen LogP contribution in [-0.2, 0) is 16.3 Å². The van der Waals surface area contributed by atoms with Crippen LogP contribution >= 0.6 is 0 Å². The van der Waals surface area contributed by atoms with Crippen molar-refractivity contribution in [3.8, 4) is 0 Å². The Balaban J connectivity index is 1.59. The van der Waals surface area contributed by atoms with Gasteiger partial charge in [-0.05, 0) is 81.2 Å². The van der Waals surface area contributed by atoms with E-state index in [2.05, 4.69) is 29.2 Å². The van der Waals surface area contributed by atoms with E-state index in [0.29, 0.717) is 10.9 Å². The van der Waals surface area contributed by atoms with Crippen molar-refractivity contribution in [1.29, 1.82) is 0 Å². The smallest absolute Gasteiger partial charge is 0.199 e. The molecule has 4 nitrogen and oxygen atoms in total. The Hall–Kier alpha value is -2.37. The van der Waals surface area contributed by atoms with Gasteiger partial charge in [-0.25, -0.2) is 8.42 Å². The predicted octanol–water partition coefficient (Wildman–Crippen LogP) is 4.56. The lowest BCUT2D eigenvalue weighted by atomic mass is 10.0. The van der Waals surface area contributed by atoms with Gasteiger partial charge in [-0.15, -0.1) is 0 Å². The molecule has 0 radical (unpaired) electrons. The summed E-state index contributed by atoms with van der Waals surface area (Å²) in [5.41, 5.74) is 4.32. The first kappa shape index (κ1) is 19.0. The number of hydrogen-bond acceptors (Lipinski definition) is 3. The summed E-state index contributed by atoms with van der Waals surface area (Å²) in [5.74, 6) is 0. The highest BCUT2D eigenvalue weighted by Gasteiger charge is 2.22. The Morgan fingerprint density at radius 1 is 1.18 bits per heavy atom. The van der Waals surface area contributed by atoms with Crippen molar-refractivity contribution >= 4 is 26.8 Å². The van der Waals surface area contributed by atoms with E-state index in [1.165, 1.54) is 29.2 Å². The average molecular weight is 395 g/mol. The van der Waals surface area contributed by atoms with Gasteiger partial charge < -0.3 is 9.88 Å². The Bertz CT molecular complexity index is 1110. The zero-order valence-corrected chi connectivity index (χ0v) is 17.2. The molecule has 1 aliphatic heterocycles. The van der Waals surface area contributed by atoms with E-state index >= 15 is 0 Å². The maximum absolute atomic E-state index is 12.6. The molecule has 28 heavy (non-hydrogen) atoms. The largest absolute Gasteiger partial charge is 0.361 e. The molecule has 1 fully saturated rings. The van der Waals surface area contributed by atoms with Crippen molar-refractivity contribution in [2.75, 3.05) is 13.6 Å². The van der Waals surface area contributed by atoms with Crippen molar-refractivity contribution in [2.24, 2.45) is 0 Å². The molecule has 3 aromatic rings. The molecule has 0 saturated carbocycles. The second-order valence-corrected chi connectivity index (χ2v) is 9.59. The average Bonchev–Trinajstić information content (AvgIpc) is 3.27. The van der Waals surface area contributed by atoms with Crippen LogP contribution in [0.15, 0.2) is 59.0 Å². The third-order valence-electron chi connectivity index (χ3n) is 5.71. The molecular formula is C23H26N2O2S. The second kappa shape index (κ2) is 7.57. The monoisotopic (exact) mass is 394 g/mol. The lowest BCUT2D eigenvalue weighted by Gasteiger charge is -2.18. The van der Waals surface area contributed by atoms with Crippen LogP contribution in [0.1, 0.15) is 29.5 Å². The summed E-state index contributed by atoms with van der Waals surface area (Å²) in [4.78, 5) is 6.10. The van der Waals surface area contributed by atoms with E-state index in [9.17, 15) is 8.42 Å². The van der Waals surface area contributed by atoms with Crippen LogP contribution in [0.5, 0.6) is 0 Å². The molecule has 4 rings (SSSR count). The lowest BCUT2D eigenvalue weighted by molar-refractivity contribution is 0.310. The fourth-order valence-electron chi connectivity index (χ4n) is 3.93. The minimum absolute atomic E-state index is 0.321. The molecule has 1 atom stereocenters. The van der Waals surface area contributed by atoms with E-state index in [0.717, 1.165) is 29.6 Å². The van der Waals surface area contributed by atoms with Gasteiger partial charge in [0.25, 0.3) is 0 Å². The minimum Gasteiger partial charge on any atom is -0.361 e. The normalized spacial score (nSPS) is 18.4.